The first-order chi connectivity index (χ1) is 40.6. The third-order valence-electron chi connectivity index (χ3n) is 17.1. The summed E-state index contributed by atoms with van der Waals surface area (Å²) in [6, 6.07) is 103. The Labute approximate surface area is 479 Å². The van der Waals surface area contributed by atoms with E-state index in [1.54, 1.807) is 0 Å². The number of fused-ring (bicyclic) bond motifs is 4. The van der Waals surface area contributed by atoms with Crippen LogP contribution in [0.4, 0.5) is 22.7 Å². The van der Waals surface area contributed by atoms with Crippen LogP contribution in [0.3, 0.4) is 0 Å². The first kappa shape index (κ1) is 48.9. The Morgan fingerprint density at radius 3 is 1.51 bits per heavy atom. The highest BCUT2D eigenvalue weighted by molar-refractivity contribution is 6.09. The molecular weight excluding hydrogens is 997 g/mol. The van der Waals surface area contributed by atoms with Crippen molar-refractivity contribution < 1.29 is 4.74 Å². The molecule has 82 heavy (non-hydrogen) atoms. The van der Waals surface area contributed by atoms with E-state index in [0.29, 0.717) is 6.67 Å². The van der Waals surface area contributed by atoms with Gasteiger partial charge in [0.2, 0.25) is 0 Å². The SMILES string of the molecule is c1ccc(-c2cccc(-c3ccccc3)c2-c2cc(Oc3ccc4c5ccccc5n(-c5cc(C6(c7ccccc7)CCCC6)ccn5)c4c3)cc(N3CN(c4c(-c5ccccc5)cccc4-c4ccccc4)c4ccccc43)c2)cc1. The van der Waals surface area contributed by atoms with Gasteiger partial charge in [0.25, 0.3) is 0 Å². The summed E-state index contributed by atoms with van der Waals surface area (Å²) in [5.74, 6) is 2.37. The van der Waals surface area contributed by atoms with Crippen molar-refractivity contribution in [2.75, 3.05) is 16.5 Å². The second kappa shape index (κ2) is 20.8. The van der Waals surface area contributed by atoms with E-state index in [-0.39, 0.29) is 5.41 Å². The highest BCUT2D eigenvalue weighted by Gasteiger charge is 2.38. The summed E-state index contributed by atoms with van der Waals surface area (Å²) in [6.07, 6.45) is 6.66. The van der Waals surface area contributed by atoms with Gasteiger partial charge < -0.3 is 14.5 Å². The molecule has 2 aliphatic rings. The van der Waals surface area contributed by atoms with Gasteiger partial charge in [-0.3, -0.25) is 4.57 Å². The summed E-state index contributed by atoms with van der Waals surface area (Å²) in [5, 5.41) is 2.32. The average molecular weight is 1060 g/mol. The van der Waals surface area contributed by atoms with E-state index in [2.05, 4.69) is 299 Å². The molecule has 15 rings (SSSR count). The monoisotopic (exact) mass is 1050 g/mol. The minimum Gasteiger partial charge on any atom is -0.457 e. The second-order valence-electron chi connectivity index (χ2n) is 21.8. The maximum Gasteiger partial charge on any atom is 0.137 e. The number of hydrogen-bond donors (Lipinski definition) is 0. The Kier molecular flexibility index (Phi) is 12.4. The van der Waals surface area contributed by atoms with Crippen molar-refractivity contribution in [2.24, 2.45) is 0 Å². The lowest BCUT2D eigenvalue weighted by molar-refractivity contribution is 0.483. The van der Waals surface area contributed by atoms with Gasteiger partial charge in [-0.2, -0.15) is 0 Å². The fraction of sp³-hybridized carbons (Fsp3) is 0.0779. The van der Waals surface area contributed by atoms with E-state index in [4.69, 9.17) is 9.72 Å². The fourth-order valence-corrected chi connectivity index (χ4v) is 13.4. The Morgan fingerprint density at radius 1 is 0.366 bits per heavy atom. The van der Waals surface area contributed by atoms with Gasteiger partial charge in [0.1, 0.15) is 24.0 Å². The molecule has 2 aromatic heterocycles. The first-order valence-corrected chi connectivity index (χ1v) is 28.7. The number of ether oxygens (including phenoxy) is 1. The van der Waals surface area contributed by atoms with Gasteiger partial charge in [0.05, 0.1) is 28.1 Å². The standard InChI is InChI=1S/C77H58N4O/c1-6-24-54(25-7-1)64-35-22-36-65(55-26-8-2-9-27-55)75(64)58-48-61(79-53-80(72-41-19-18-40-71(72)79)76-66(56-28-10-3-11-29-56)37-23-38-67(76)57-30-12-4-13-31-57)51-63(49-58)82-62-42-43-69-68-34-16-17-39-70(68)81(73(69)52-62)74-50-60(44-47-78-74)77(45-20-21-46-77)59-32-14-5-15-33-59/h1-19,22-44,47-52H,20-21,45-46,53H2. The predicted octanol–water partition coefficient (Wildman–Crippen LogP) is 20.4. The smallest absolute Gasteiger partial charge is 0.137 e. The minimum atomic E-state index is -0.0590. The van der Waals surface area contributed by atoms with E-state index >= 15 is 0 Å². The Balaban J connectivity index is 0.913. The summed E-state index contributed by atoms with van der Waals surface area (Å²) in [4.78, 5) is 10.1. The molecule has 3 heterocycles. The molecule has 1 aliphatic heterocycles. The third kappa shape index (κ3) is 8.61. The van der Waals surface area contributed by atoms with Crippen LogP contribution in [-0.2, 0) is 5.41 Å². The van der Waals surface area contributed by atoms with Crippen LogP contribution in [-0.4, -0.2) is 16.2 Å². The molecule has 0 unspecified atom stereocenters. The molecule has 1 fully saturated rings. The van der Waals surface area contributed by atoms with Crippen molar-refractivity contribution in [3.8, 4) is 73.0 Å². The molecule has 1 saturated carbocycles. The third-order valence-corrected chi connectivity index (χ3v) is 17.1. The highest BCUT2D eigenvalue weighted by Crippen LogP contribution is 2.53. The van der Waals surface area contributed by atoms with Crippen LogP contribution in [0.5, 0.6) is 11.5 Å². The molecule has 0 N–H and O–H groups in total. The summed E-state index contributed by atoms with van der Waals surface area (Å²) < 4.78 is 9.72. The highest BCUT2D eigenvalue weighted by atomic mass is 16.5. The molecule has 0 saturated heterocycles. The van der Waals surface area contributed by atoms with Crippen molar-refractivity contribution in [3.63, 3.8) is 0 Å². The van der Waals surface area contributed by atoms with E-state index in [9.17, 15) is 0 Å². The number of anilines is 4. The fourth-order valence-electron chi connectivity index (χ4n) is 13.4. The summed E-state index contributed by atoms with van der Waals surface area (Å²) >= 11 is 0. The van der Waals surface area contributed by atoms with Crippen LogP contribution in [0, 0.1) is 0 Å². The lowest BCUT2D eigenvalue weighted by atomic mass is 9.73. The number of rotatable bonds is 12. The van der Waals surface area contributed by atoms with Gasteiger partial charge in [-0.15, -0.1) is 0 Å². The second-order valence-corrected chi connectivity index (χ2v) is 21.8. The summed E-state index contributed by atoms with van der Waals surface area (Å²) in [7, 11) is 0. The number of aromatic nitrogens is 2. The van der Waals surface area contributed by atoms with Gasteiger partial charge in [0.15, 0.2) is 0 Å². The quantitative estimate of drug-likeness (QED) is 0.122. The van der Waals surface area contributed by atoms with Crippen LogP contribution >= 0.6 is 0 Å². The molecule has 392 valence electrons. The topological polar surface area (TPSA) is 33.5 Å². The van der Waals surface area contributed by atoms with Crippen molar-refractivity contribution in [3.05, 3.63) is 302 Å². The summed E-state index contributed by atoms with van der Waals surface area (Å²) in [5.41, 5.74) is 20.6. The van der Waals surface area contributed by atoms with Crippen LogP contribution in [0.15, 0.2) is 291 Å². The lowest BCUT2D eigenvalue weighted by Gasteiger charge is -2.31. The summed E-state index contributed by atoms with van der Waals surface area (Å²) in [6.45, 7) is 0.557. The normalized spacial score (nSPS) is 13.7. The lowest BCUT2D eigenvalue weighted by Crippen LogP contribution is -2.25. The van der Waals surface area contributed by atoms with E-state index in [1.165, 1.54) is 51.6 Å². The van der Waals surface area contributed by atoms with Crippen molar-refractivity contribution >= 4 is 44.6 Å². The van der Waals surface area contributed by atoms with Crippen molar-refractivity contribution in [1.82, 2.24) is 9.55 Å². The molecule has 0 radical (unpaired) electrons. The number of nitrogens with zero attached hydrogens (tertiary/aromatic N) is 4. The van der Waals surface area contributed by atoms with Gasteiger partial charge in [0, 0.05) is 51.3 Å². The number of pyridine rings is 1. The van der Waals surface area contributed by atoms with Gasteiger partial charge in [-0.05, 0) is 123 Å². The van der Waals surface area contributed by atoms with Crippen LogP contribution in [0.1, 0.15) is 36.8 Å². The minimum absolute atomic E-state index is 0.0590. The van der Waals surface area contributed by atoms with Crippen molar-refractivity contribution in [1.29, 1.82) is 0 Å². The molecule has 0 atom stereocenters. The molecule has 11 aromatic carbocycles. The molecule has 5 heteroatoms. The molecule has 0 bridgehead atoms. The zero-order valence-electron chi connectivity index (χ0n) is 45.4. The predicted molar refractivity (Wildman–Crippen MR) is 340 cm³/mol. The van der Waals surface area contributed by atoms with Gasteiger partial charge in [-0.1, -0.05) is 231 Å². The first-order valence-electron chi connectivity index (χ1n) is 28.7. The molecule has 5 nitrogen and oxygen atoms in total. The number of hydrogen-bond acceptors (Lipinski definition) is 4. The van der Waals surface area contributed by atoms with E-state index in [0.717, 1.165) is 103 Å². The van der Waals surface area contributed by atoms with Gasteiger partial charge >= 0.3 is 0 Å². The maximum atomic E-state index is 7.39. The maximum absolute atomic E-state index is 7.39. The van der Waals surface area contributed by atoms with E-state index in [1.807, 2.05) is 6.20 Å². The zero-order valence-corrected chi connectivity index (χ0v) is 45.4. The zero-order chi connectivity index (χ0) is 54.4. The Morgan fingerprint density at radius 2 is 0.890 bits per heavy atom. The van der Waals surface area contributed by atoms with Crippen LogP contribution < -0.4 is 14.5 Å². The Hall–Kier alpha value is -10.2. The van der Waals surface area contributed by atoms with Gasteiger partial charge in [-0.25, -0.2) is 4.98 Å². The largest absolute Gasteiger partial charge is 0.457 e. The van der Waals surface area contributed by atoms with Crippen LogP contribution in [0.2, 0.25) is 0 Å². The van der Waals surface area contributed by atoms with E-state index < -0.39 is 0 Å². The van der Waals surface area contributed by atoms with Crippen molar-refractivity contribution in [2.45, 2.75) is 31.1 Å². The molecule has 13 aromatic rings. The number of benzene rings is 11. The molecule has 1 aliphatic carbocycles. The van der Waals surface area contributed by atoms with Crippen LogP contribution in [0.25, 0.3) is 83.3 Å². The number of para-hydroxylation sites is 4. The molecule has 0 amide bonds. The Bertz CT molecular complexity index is 4340. The molecule has 0 spiro atoms. The average Bonchev–Trinajstić information content (AvgIpc) is 4.49. The molecular formula is C77H58N4O.